The maximum atomic E-state index is 13.8. The number of nitrogens with zero attached hydrogens (tertiary/aromatic N) is 3. The molecule has 2 aromatic heterocycles. The molecule has 0 N–H and O–H groups in total. The van der Waals surface area contributed by atoms with E-state index in [9.17, 15) is 4.79 Å². The molecule has 4 rings (SSSR count). The number of hydrogen-bond acceptors (Lipinski definition) is 5. The highest BCUT2D eigenvalue weighted by molar-refractivity contribution is 7.18. The van der Waals surface area contributed by atoms with Crippen molar-refractivity contribution < 1.29 is 4.74 Å². The highest BCUT2D eigenvalue weighted by atomic mass is 32.1. The van der Waals surface area contributed by atoms with Crippen LogP contribution in [0.2, 0.25) is 0 Å². The Kier molecular flexibility index (Phi) is 5.88. The lowest BCUT2D eigenvalue weighted by Gasteiger charge is -2.33. The summed E-state index contributed by atoms with van der Waals surface area (Å²) < 4.78 is 7.37. The molecule has 1 aliphatic carbocycles. The van der Waals surface area contributed by atoms with Crippen LogP contribution in [0.1, 0.15) is 62.3 Å². The molecule has 1 atom stereocenters. The summed E-state index contributed by atoms with van der Waals surface area (Å²) in [6.07, 6.45) is 5.99. The number of piperidine rings is 1. The first-order chi connectivity index (χ1) is 13.8. The first-order valence-electron chi connectivity index (χ1n) is 11.0. The summed E-state index contributed by atoms with van der Waals surface area (Å²) in [6.45, 7) is 9.68. The second kappa shape index (κ2) is 8.12. The van der Waals surface area contributed by atoms with Gasteiger partial charge in [-0.1, -0.05) is 20.8 Å². The largest absolute Gasteiger partial charge is 0.384 e. The zero-order valence-corrected chi connectivity index (χ0v) is 19.4. The predicted molar refractivity (Wildman–Crippen MR) is 120 cm³/mol. The van der Waals surface area contributed by atoms with Gasteiger partial charge in [-0.05, 0) is 69.1 Å². The minimum atomic E-state index is 0.197. The molecule has 0 amide bonds. The van der Waals surface area contributed by atoms with Gasteiger partial charge in [0.1, 0.15) is 10.7 Å². The van der Waals surface area contributed by atoms with Crippen molar-refractivity contribution in [3.63, 3.8) is 0 Å². The average Bonchev–Trinajstić information content (AvgIpc) is 3.04. The molecule has 2 aliphatic rings. The fraction of sp³-hybridized carbons (Fsp3) is 0.739. The van der Waals surface area contributed by atoms with Gasteiger partial charge >= 0.3 is 0 Å². The molecule has 1 fully saturated rings. The van der Waals surface area contributed by atoms with Crippen molar-refractivity contribution in [2.75, 3.05) is 33.9 Å². The number of fused-ring (bicyclic) bond motifs is 3. The van der Waals surface area contributed by atoms with E-state index in [4.69, 9.17) is 9.72 Å². The molecule has 6 heteroatoms. The van der Waals surface area contributed by atoms with Crippen LogP contribution >= 0.6 is 11.3 Å². The lowest BCUT2D eigenvalue weighted by molar-refractivity contribution is 0.191. The van der Waals surface area contributed by atoms with Crippen molar-refractivity contribution in [2.45, 2.75) is 65.3 Å². The van der Waals surface area contributed by atoms with Crippen molar-refractivity contribution in [3.05, 3.63) is 26.6 Å². The number of hydrogen-bond donors (Lipinski definition) is 0. The maximum Gasteiger partial charge on any atom is 0.262 e. The van der Waals surface area contributed by atoms with Crippen LogP contribution in [-0.2, 0) is 24.0 Å². The van der Waals surface area contributed by atoms with Crippen LogP contribution in [-0.4, -0.2) is 48.3 Å². The smallest absolute Gasteiger partial charge is 0.262 e. The third kappa shape index (κ3) is 4.04. The van der Waals surface area contributed by atoms with Gasteiger partial charge in [0, 0.05) is 24.4 Å². The van der Waals surface area contributed by atoms with Gasteiger partial charge in [-0.3, -0.25) is 9.36 Å². The third-order valence-corrected chi connectivity index (χ3v) is 8.14. The predicted octanol–water partition coefficient (Wildman–Crippen LogP) is 4.06. The van der Waals surface area contributed by atoms with Crippen LogP contribution in [0.15, 0.2) is 4.79 Å². The van der Waals surface area contributed by atoms with Crippen LogP contribution in [0.5, 0.6) is 0 Å². The highest BCUT2D eigenvalue weighted by Crippen LogP contribution is 2.42. The van der Waals surface area contributed by atoms with E-state index in [1.165, 1.54) is 16.9 Å². The van der Waals surface area contributed by atoms with E-state index in [2.05, 4.69) is 32.7 Å². The van der Waals surface area contributed by atoms with E-state index in [-0.39, 0.29) is 11.6 Å². The molecule has 29 heavy (non-hydrogen) atoms. The zero-order valence-electron chi connectivity index (χ0n) is 18.6. The Bertz CT molecular complexity index is 932. The van der Waals surface area contributed by atoms with E-state index < -0.39 is 0 Å². The summed E-state index contributed by atoms with van der Waals surface area (Å²) in [4.78, 5) is 23.5. The Morgan fingerprint density at radius 1 is 1.21 bits per heavy atom. The second-order valence-electron chi connectivity index (χ2n) is 9.97. The molecule has 1 aliphatic heterocycles. The molecule has 5 nitrogen and oxygen atoms in total. The molecule has 0 radical (unpaired) electrons. The topological polar surface area (TPSA) is 47.4 Å². The Hall–Kier alpha value is -1.24. The molecule has 2 aromatic rings. The van der Waals surface area contributed by atoms with E-state index in [0.29, 0.717) is 24.4 Å². The SMILES string of the molecule is COCCc1nc2sc3c(c2c(=O)n1C1CCN(C)CC1)CCC(C(C)(C)C)C3. The Labute approximate surface area is 178 Å². The van der Waals surface area contributed by atoms with Gasteiger partial charge in [-0.15, -0.1) is 11.3 Å². The van der Waals surface area contributed by atoms with Gasteiger partial charge in [0.15, 0.2) is 0 Å². The summed E-state index contributed by atoms with van der Waals surface area (Å²) >= 11 is 1.76. The highest BCUT2D eigenvalue weighted by Gasteiger charge is 2.33. The summed E-state index contributed by atoms with van der Waals surface area (Å²) in [5.74, 6) is 1.58. The van der Waals surface area contributed by atoms with E-state index in [0.717, 1.165) is 54.8 Å². The molecule has 3 heterocycles. The molecule has 0 bridgehead atoms. The quantitative estimate of drug-likeness (QED) is 0.753. The normalized spacial score (nSPS) is 21.6. The second-order valence-corrected chi connectivity index (χ2v) is 11.1. The van der Waals surface area contributed by atoms with Gasteiger partial charge in [0.05, 0.1) is 12.0 Å². The monoisotopic (exact) mass is 417 g/mol. The number of ether oxygens (including phenoxy) is 1. The van der Waals surface area contributed by atoms with E-state index in [1.807, 2.05) is 4.57 Å². The third-order valence-electron chi connectivity index (χ3n) is 7.00. The standard InChI is InChI=1S/C23H35N3O2S/c1-23(2,3)15-6-7-17-18(14-15)29-21-20(17)22(27)26(19(24-21)10-13-28-5)16-8-11-25(4)12-9-16/h15-16H,6-14H2,1-5H3. The van der Waals surface area contributed by atoms with E-state index >= 15 is 0 Å². The molecular formula is C23H35N3O2S. The van der Waals surface area contributed by atoms with Gasteiger partial charge in [-0.2, -0.15) is 0 Å². The summed E-state index contributed by atoms with van der Waals surface area (Å²) in [7, 11) is 3.88. The van der Waals surface area contributed by atoms with Crippen LogP contribution in [0, 0.1) is 11.3 Å². The van der Waals surface area contributed by atoms with Gasteiger partial charge in [0.25, 0.3) is 5.56 Å². The number of likely N-dealkylation sites (tertiary alicyclic amines) is 1. The van der Waals surface area contributed by atoms with Crippen molar-refractivity contribution >= 4 is 21.6 Å². The van der Waals surface area contributed by atoms with Crippen molar-refractivity contribution in [3.8, 4) is 0 Å². The number of thiophene rings is 1. The molecular weight excluding hydrogens is 382 g/mol. The van der Waals surface area contributed by atoms with Crippen LogP contribution in [0.4, 0.5) is 0 Å². The Balaban J connectivity index is 1.80. The van der Waals surface area contributed by atoms with Crippen LogP contribution < -0.4 is 5.56 Å². The van der Waals surface area contributed by atoms with Crippen LogP contribution in [0.3, 0.4) is 0 Å². The number of aryl methyl sites for hydroxylation is 1. The van der Waals surface area contributed by atoms with Crippen molar-refractivity contribution in [2.24, 2.45) is 11.3 Å². The van der Waals surface area contributed by atoms with Crippen molar-refractivity contribution in [1.82, 2.24) is 14.5 Å². The summed E-state index contributed by atoms with van der Waals surface area (Å²) in [5, 5.41) is 0.914. The van der Waals surface area contributed by atoms with E-state index in [1.54, 1.807) is 18.4 Å². The number of rotatable bonds is 4. The van der Waals surface area contributed by atoms with Gasteiger partial charge in [-0.25, -0.2) is 4.98 Å². The van der Waals surface area contributed by atoms with Gasteiger partial charge in [0.2, 0.25) is 0 Å². The molecule has 160 valence electrons. The summed E-state index contributed by atoms with van der Waals surface area (Å²) in [6, 6.07) is 0.254. The lowest BCUT2D eigenvalue weighted by Crippen LogP contribution is -2.37. The van der Waals surface area contributed by atoms with Crippen LogP contribution in [0.25, 0.3) is 10.2 Å². The Morgan fingerprint density at radius 3 is 2.59 bits per heavy atom. The fourth-order valence-corrected chi connectivity index (χ4v) is 6.33. The molecule has 0 aromatic carbocycles. The van der Waals surface area contributed by atoms with Gasteiger partial charge < -0.3 is 9.64 Å². The van der Waals surface area contributed by atoms with Crippen molar-refractivity contribution in [1.29, 1.82) is 0 Å². The first-order valence-corrected chi connectivity index (χ1v) is 11.8. The molecule has 1 unspecified atom stereocenters. The molecule has 0 spiro atoms. The average molecular weight is 418 g/mol. The summed E-state index contributed by atoms with van der Waals surface area (Å²) in [5.41, 5.74) is 1.80. The first kappa shape index (κ1) is 21.0. The lowest BCUT2D eigenvalue weighted by atomic mass is 9.72. The minimum Gasteiger partial charge on any atom is -0.384 e. The number of aromatic nitrogens is 2. The Morgan fingerprint density at radius 2 is 1.93 bits per heavy atom. The zero-order chi connectivity index (χ0) is 20.8. The minimum absolute atomic E-state index is 0.197. The number of methoxy groups -OCH3 is 1. The fourth-order valence-electron chi connectivity index (χ4n) is 5.02. The maximum absolute atomic E-state index is 13.8. The molecule has 1 saturated heterocycles. The molecule has 0 saturated carbocycles.